The van der Waals surface area contributed by atoms with Gasteiger partial charge < -0.3 is 9.47 Å². The quantitative estimate of drug-likeness (QED) is 0.587. The molecular formula is C12H12BrF3O3. The molecule has 0 atom stereocenters. The van der Waals surface area contributed by atoms with Crippen LogP contribution in [0.25, 0.3) is 0 Å². The second-order valence-corrected chi connectivity index (χ2v) is 4.69. The van der Waals surface area contributed by atoms with Crippen LogP contribution in [0.3, 0.4) is 0 Å². The monoisotopic (exact) mass is 340 g/mol. The van der Waals surface area contributed by atoms with Crippen molar-refractivity contribution in [3.63, 3.8) is 0 Å². The molecule has 0 fully saturated rings. The first-order chi connectivity index (χ1) is 8.83. The number of hydrogen-bond donors (Lipinski definition) is 0. The van der Waals surface area contributed by atoms with Crippen LogP contribution < -0.4 is 4.74 Å². The van der Waals surface area contributed by atoms with Gasteiger partial charge in [-0.3, -0.25) is 4.79 Å². The Morgan fingerprint density at radius 2 is 2.00 bits per heavy atom. The Bertz CT molecular complexity index is 447. The van der Waals surface area contributed by atoms with Gasteiger partial charge >= 0.3 is 6.18 Å². The van der Waals surface area contributed by atoms with E-state index in [0.717, 1.165) is 4.47 Å². The molecule has 0 heterocycles. The highest BCUT2D eigenvalue weighted by Crippen LogP contribution is 2.26. The lowest BCUT2D eigenvalue weighted by Gasteiger charge is -2.12. The van der Waals surface area contributed by atoms with Gasteiger partial charge in [-0.05, 0) is 24.6 Å². The van der Waals surface area contributed by atoms with E-state index in [1.807, 2.05) is 0 Å². The molecule has 0 bridgehead atoms. The first-order valence-corrected chi connectivity index (χ1v) is 6.15. The zero-order chi connectivity index (χ0) is 14.5. The zero-order valence-corrected chi connectivity index (χ0v) is 11.7. The Kier molecular flexibility index (Phi) is 5.81. The van der Waals surface area contributed by atoms with Crippen LogP contribution in [0, 0.1) is 6.92 Å². The highest BCUT2D eigenvalue weighted by atomic mass is 79.9. The van der Waals surface area contributed by atoms with E-state index in [9.17, 15) is 18.0 Å². The van der Waals surface area contributed by atoms with E-state index >= 15 is 0 Å². The number of hydrogen-bond acceptors (Lipinski definition) is 3. The van der Waals surface area contributed by atoms with Gasteiger partial charge in [0.15, 0.2) is 6.29 Å². The van der Waals surface area contributed by atoms with Crippen molar-refractivity contribution in [2.75, 3.05) is 19.8 Å². The molecule has 0 aliphatic carbocycles. The van der Waals surface area contributed by atoms with Crippen molar-refractivity contribution in [1.82, 2.24) is 0 Å². The molecular weight excluding hydrogens is 329 g/mol. The van der Waals surface area contributed by atoms with Crippen LogP contribution in [-0.4, -0.2) is 32.3 Å². The van der Waals surface area contributed by atoms with Crippen LogP contribution in [0.2, 0.25) is 0 Å². The van der Waals surface area contributed by atoms with E-state index in [4.69, 9.17) is 4.74 Å². The van der Waals surface area contributed by atoms with Crippen molar-refractivity contribution in [3.8, 4) is 5.75 Å². The van der Waals surface area contributed by atoms with Gasteiger partial charge in [-0.2, -0.15) is 13.2 Å². The normalized spacial score (nSPS) is 11.4. The Balaban J connectivity index is 2.52. The van der Waals surface area contributed by atoms with Crippen molar-refractivity contribution in [2.45, 2.75) is 13.1 Å². The fourth-order valence-corrected chi connectivity index (χ4v) is 2.02. The lowest BCUT2D eigenvalue weighted by atomic mass is 10.1. The van der Waals surface area contributed by atoms with Crippen LogP contribution in [0.4, 0.5) is 13.2 Å². The minimum absolute atomic E-state index is 0.0562. The highest BCUT2D eigenvalue weighted by molar-refractivity contribution is 9.10. The third-order valence-electron chi connectivity index (χ3n) is 2.13. The molecule has 1 aromatic rings. The number of carbonyl (C=O) groups excluding carboxylic acids is 1. The maximum atomic E-state index is 11.8. The molecule has 0 aromatic heterocycles. The lowest BCUT2D eigenvalue weighted by molar-refractivity contribution is -0.175. The molecule has 3 nitrogen and oxygen atoms in total. The van der Waals surface area contributed by atoms with E-state index in [0.29, 0.717) is 23.2 Å². The molecule has 7 heteroatoms. The summed E-state index contributed by atoms with van der Waals surface area (Å²) in [6.07, 6.45) is -3.72. The summed E-state index contributed by atoms with van der Waals surface area (Å²) in [6.45, 7) is 0.173. The van der Waals surface area contributed by atoms with E-state index in [2.05, 4.69) is 20.7 Å². The number of aldehydes is 1. The molecule has 1 rings (SSSR count). The minimum atomic E-state index is -4.35. The molecule has 0 spiro atoms. The number of aryl methyl sites for hydroxylation is 1. The van der Waals surface area contributed by atoms with Gasteiger partial charge in [-0.15, -0.1) is 0 Å². The van der Waals surface area contributed by atoms with Crippen molar-refractivity contribution in [2.24, 2.45) is 0 Å². The van der Waals surface area contributed by atoms with Crippen LogP contribution in [0.15, 0.2) is 16.6 Å². The smallest absolute Gasteiger partial charge is 0.411 e. The number of alkyl halides is 3. The largest absolute Gasteiger partial charge is 0.490 e. The molecule has 0 saturated carbocycles. The zero-order valence-electron chi connectivity index (χ0n) is 10.1. The van der Waals surface area contributed by atoms with Gasteiger partial charge in [0.05, 0.1) is 12.2 Å². The van der Waals surface area contributed by atoms with E-state index in [1.54, 1.807) is 19.1 Å². The number of rotatable bonds is 6. The predicted octanol–water partition coefficient (Wildman–Crippen LogP) is 3.53. The SMILES string of the molecule is Cc1cc(Br)cc(C=O)c1OCCOCC(F)(F)F. The summed E-state index contributed by atoms with van der Waals surface area (Å²) in [5.74, 6) is 0.355. The maximum absolute atomic E-state index is 11.8. The van der Waals surface area contributed by atoms with Gasteiger partial charge in [0.2, 0.25) is 0 Å². The second kappa shape index (κ2) is 6.91. The summed E-state index contributed by atoms with van der Waals surface area (Å²) in [5.41, 5.74) is 1.05. The second-order valence-electron chi connectivity index (χ2n) is 3.78. The van der Waals surface area contributed by atoms with Crippen LogP contribution >= 0.6 is 15.9 Å². The minimum Gasteiger partial charge on any atom is -0.490 e. The molecule has 1 aromatic carbocycles. The van der Waals surface area contributed by atoms with Crippen LogP contribution in [0.1, 0.15) is 15.9 Å². The van der Waals surface area contributed by atoms with Crippen molar-refractivity contribution in [3.05, 3.63) is 27.7 Å². The van der Waals surface area contributed by atoms with Gasteiger partial charge in [-0.1, -0.05) is 15.9 Å². The van der Waals surface area contributed by atoms with Gasteiger partial charge in [0.25, 0.3) is 0 Å². The molecule has 0 unspecified atom stereocenters. The molecule has 0 N–H and O–H groups in total. The van der Waals surface area contributed by atoms with Crippen molar-refractivity contribution in [1.29, 1.82) is 0 Å². The first-order valence-electron chi connectivity index (χ1n) is 5.36. The van der Waals surface area contributed by atoms with Crippen LogP contribution in [0.5, 0.6) is 5.75 Å². The fraction of sp³-hybridized carbons (Fsp3) is 0.417. The summed E-state index contributed by atoms with van der Waals surface area (Å²) in [5, 5.41) is 0. The fourth-order valence-electron chi connectivity index (χ4n) is 1.43. The van der Waals surface area contributed by atoms with Crippen molar-refractivity contribution >= 4 is 22.2 Å². The lowest BCUT2D eigenvalue weighted by Crippen LogP contribution is -2.19. The molecule has 0 radical (unpaired) electrons. The molecule has 19 heavy (non-hydrogen) atoms. The van der Waals surface area contributed by atoms with Gasteiger partial charge in [-0.25, -0.2) is 0 Å². The summed E-state index contributed by atoms with van der Waals surface area (Å²) in [4.78, 5) is 10.9. The third-order valence-corrected chi connectivity index (χ3v) is 2.59. The van der Waals surface area contributed by atoms with E-state index < -0.39 is 12.8 Å². The van der Waals surface area contributed by atoms with E-state index in [1.165, 1.54) is 0 Å². The Hall–Kier alpha value is -1.08. The van der Waals surface area contributed by atoms with Gasteiger partial charge in [0, 0.05) is 4.47 Å². The number of halogens is 4. The summed E-state index contributed by atoms with van der Waals surface area (Å²) < 4.78 is 45.9. The molecule has 0 aliphatic heterocycles. The summed E-state index contributed by atoms with van der Waals surface area (Å²) in [7, 11) is 0. The predicted molar refractivity (Wildman–Crippen MR) is 66.6 cm³/mol. The highest BCUT2D eigenvalue weighted by Gasteiger charge is 2.27. The third kappa shape index (κ3) is 5.61. The van der Waals surface area contributed by atoms with Crippen molar-refractivity contribution < 1.29 is 27.4 Å². The van der Waals surface area contributed by atoms with Gasteiger partial charge in [0.1, 0.15) is 19.0 Å². The average Bonchev–Trinajstić information content (AvgIpc) is 2.29. The topological polar surface area (TPSA) is 35.5 Å². The molecule has 0 saturated heterocycles. The van der Waals surface area contributed by atoms with Crippen LogP contribution in [-0.2, 0) is 4.74 Å². The standard InChI is InChI=1S/C12H12BrF3O3/c1-8-4-10(13)5-9(6-17)11(8)19-3-2-18-7-12(14,15)16/h4-6H,2-3,7H2,1H3. The summed E-state index contributed by atoms with van der Waals surface area (Å²) >= 11 is 3.24. The molecule has 106 valence electrons. The van der Waals surface area contributed by atoms with E-state index in [-0.39, 0.29) is 13.2 Å². The molecule has 0 aliphatic rings. The molecule has 0 amide bonds. The number of benzene rings is 1. The summed E-state index contributed by atoms with van der Waals surface area (Å²) in [6, 6.07) is 3.32. The number of ether oxygens (including phenoxy) is 2. The maximum Gasteiger partial charge on any atom is 0.411 e. The average molecular weight is 341 g/mol. The Labute approximate surface area is 116 Å². The first kappa shape index (κ1) is 16.0. The Morgan fingerprint density at radius 3 is 2.58 bits per heavy atom. The Morgan fingerprint density at radius 1 is 1.32 bits per heavy atom. The number of carbonyl (C=O) groups is 1.